The third kappa shape index (κ3) is 3.16. The highest BCUT2D eigenvalue weighted by Crippen LogP contribution is 2.14. The van der Waals surface area contributed by atoms with Gasteiger partial charge in [0.15, 0.2) is 0 Å². The number of nitrogens with one attached hydrogen (secondary N) is 1. The number of aromatic nitrogens is 3. The van der Waals surface area contributed by atoms with Crippen LogP contribution in [0.5, 0.6) is 5.75 Å². The van der Waals surface area contributed by atoms with Crippen molar-refractivity contribution in [2.75, 3.05) is 20.2 Å². The van der Waals surface area contributed by atoms with E-state index in [1.807, 2.05) is 24.3 Å². The molecule has 1 aliphatic heterocycles. The summed E-state index contributed by atoms with van der Waals surface area (Å²) in [7, 11) is 1.64. The van der Waals surface area contributed by atoms with Gasteiger partial charge in [-0.2, -0.15) is 5.10 Å². The maximum Gasteiger partial charge on any atom is 0.343 e. The topological polar surface area (TPSA) is 63.1 Å². The summed E-state index contributed by atoms with van der Waals surface area (Å²) in [5, 5.41) is 6.73. The minimum Gasteiger partial charge on any atom is -0.497 e. The molecule has 0 atom stereocenters. The lowest BCUT2D eigenvalue weighted by Gasteiger charge is -2.14. The van der Waals surface area contributed by atoms with Crippen LogP contribution < -0.4 is 10.4 Å². The Hall–Kier alpha value is -2.08. The Morgan fingerprint density at radius 2 is 1.90 bits per heavy atom. The molecule has 0 spiro atoms. The number of methoxy groups -OCH3 is 1. The van der Waals surface area contributed by atoms with Crippen LogP contribution in [0.3, 0.4) is 0 Å². The largest absolute Gasteiger partial charge is 0.497 e. The van der Waals surface area contributed by atoms with Gasteiger partial charge in [0.2, 0.25) is 0 Å². The van der Waals surface area contributed by atoms with Gasteiger partial charge in [-0.25, -0.2) is 9.89 Å². The van der Waals surface area contributed by atoms with Crippen molar-refractivity contribution in [2.45, 2.75) is 25.9 Å². The first-order chi connectivity index (χ1) is 10.3. The molecule has 1 N–H and O–H groups in total. The molecule has 2 heterocycles. The van der Waals surface area contributed by atoms with Crippen LogP contribution in [0.15, 0.2) is 29.1 Å². The molecular formula is C15H20N4O2. The van der Waals surface area contributed by atoms with E-state index in [2.05, 4.69) is 15.1 Å². The quantitative estimate of drug-likeness (QED) is 0.898. The molecule has 1 saturated heterocycles. The number of likely N-dealkylation sites (tertiary alicyclic amines) is 1. The molecule has 1 aromatic heterocycles. The van der Waals surface area contributed by atoms with E-state index in [0.29, 0.717) is 6.54 Å². The molecule has 1 aliphatic rings. The minimum absolute atomic E-state index is 0.153. The predicted octanol–water partition coefficient (Wildman–Crippen LogP) is 1.22. The minimum atomic E-state index is -0.153. The lowest BCUT2D eigenvalue weighted by Crippen LogP contribution is -2.25. The highest BCUT2D eigenvalue weighted by molar-refractivity contribution is 5.27. The highest BCUT2D eigenvalue weighted by atomic mass is 16.5. The number of hydrogen-bond donors (Lipinski definition) is 1. The zero-order chi connectivity index (χ0) is 14.7. The van der Waals surface area contributed by atoms with Gasteiger partial charge < -0.3 is 4.74 Å². The first-order valence-electron chi connectivity index (χ1n) is 7.25. The average molecular weight is 288 g/mol. The first kappa shape index (κ1) is 13.9. The highest BCUT2D eigenvalue weighted by Gasteiger charge is 2.16. The predicted molar refractivity (Wildman–Crippen MR) is 79.5 cm³/mol. The monoisotopic (exact) mass is 288 g/mol. The van der Waals surface area contributed by atoms with Gasteiger partial charge >= 0.3 is 5.69 Å². The van der Waals surface area contributed by atoms with E-state index in [1.165, 1.54) is 12.8 Å². The SMILES string of the molecule is COc1ccc(Cn2c(CN3CCCC3)n[nH]c2=O)cc1. The first-order valence-corrected chi connectivity index (χ1v) is 7.25. The Balaban J connectivity index is 1.77. The van der Waals surface area contributed by atoms with E-state index in [0.717, 1.165) is 36.8 Å². The number of ether oxygens (including phenoxy) is 1. The summed E-state index contributed by atoms with van der Waals surface area (Å²) in [5.41, 5.74) is 0.905. The van der Waals surface area contributed by atoms with Crippen molar-refractivity contribution < 1.29 is 4.74 Å². The molecule has 1 aromatic carbocycles. The molecule has 3 rings (SSSR count). The number of H-pyrrole nitrogens is 1. The zero-order valence-electron chi connectivity index (χ0n) is 12.2. The molecule has 0 bridgehead atoms. The Kier molecular flexibility index (Phi) is 4.06. The van der Waals surface area contributed by atoms with Crippen LogP contribution in [0, 0.1) is 0 Å². The van der Waals surface area contributed by atoms with Crippen LogP contribution in [-0.2, 0) is 13.1 Å². The molecule has 0 aliphatic carbocycles. The van der Waals surface area contributed by atoms with Gasteiger partial charge in [0.25, 0.3) is 0 Å². The molecule has 6 nitrogen and oxygen atoms in total. The van der Waals surface area contributed by atoms with Crippen LogP contribution >= 0.6 is 0 Å². The number of benzene rings is 1. The van der Waals surface area contributed by atoms with Crippen LogP contribution in [0.25, 0.3) is 0 Å². The van der Waals surface area contributed by atoms with Crippen molar-refractivity contribution in [1.29, 1.82) is 0 Å². The van der Waals surface area contributed by atoms with Gasteiger partial charge in [-0.15, -0.1) is 0 Å². The lowest BCUT2D eigenvalue weighted by molar-refractivity contribution is 0.316. The van der Waals surface area contributed by atoms with Crippen LogP contribution in [-0.4, -0.2) is 39.9 Å². The summed E-state index contributed by atoms with van der Waals surface area (Å²) in [6.07, 6.45) is 2.46. The second-order valence-electron chi connectivity index (χ2n) is 5.36. The standard InChI is InChI=1S/C15H20N4O2/c1-21-13-6-4-12(5-7-13)10-19-14(16-17-15(19)20)11-18-8-2-3-9-18/h4-7H,2-3,8-11H2,1H3,(H,17,20). The second-order valence-corrected chi connectivity index (χ2v) is 5.36. The van der Waals surface area contributed by atoms with Crippen LogP contribution in [0.2, 0.25) is 0 Å². The number of aromatic amines is 1. The summed E-state index contributed by atoms with van der Waals surface area (Å²) < 4.78 is 6.86. The zero-order valence-corrected chi connectivity index (χ0v) is 12.2. The van der Waals surface area contributed by atoms with Crippen LogP contribution in [0.1, 0.15) is 24.2 Å². The number of nitrogens with zero attached hydrogens (tertiary/aromatic N) is 3. The van der Waals surface area contributed by atoms with Gasteiger partial charge in [0, 0.05) is 0 Å². The summed E-state index contributed by atoms with van der Waals surface area (Å²) in [5.74, 6) is 1.62. The molecule has 1 fully saturated rings. The van der Waals surface area contributed by atoms with Gasteiger partial charge in [-0.3, -0.25) is 9.47 Å². The fourth-order valence-electron chi connectivity index (χ4n) is 2.69. The smallest absolute Gasteiger partial charge is 0.343 e. The summed E-state index contributed by atoms with van der Waals surface area (Å²) >= 11 is 0. The van der Waals surface area contributed by atoms with E-state index in [1.54, 1.807) is 11.7 Å². The maximum atomic E-state index is 11.9. The van der Waals surface area contributed by atoms with E-state index >= 15 is 0 Å². The van der Waals surface area contributed by atoms with Gasteiger partial charge in [0.05, 0.1) is 20.2 Å². The Morgan fingerprint density at radius 3 is 2.57 bits per heavy atom. The van der Waals surface area contributed by atoms with Gasteiger partial charge in [0.1, 0.15) is 11.6 Å². The molecular weight excluding hydrogens is 268 g/mol. The summed E-state index contributed by atoms with van der Waals surface area (Å²) in [4.78, 5) is 14.3. The molecule has 6 heteroatoms. The normalized spacial score (nSPS) is 15.5. The van der Waals surface area contributed by atoms with Gasteiger partial charge in [-0.05, 0) is 43.6 Å². The molecule has 2 aromatic rings. The Morgan fingerprint density at radius 1 is 1.19 bits per heavy atom. The van der Waals surface area contributed by atoms with Crippen molar-refractivity contribution in [3.05, 3.63) is 46.1 Å². The Labute approximate surface area is 123 Å². The van der Waals surface area contributed by atoms with E-state index in [9.17, 15) is 4.79 Å². The van der Waals surface area contributed by atoms with Crippen molar-refractivity contribution in [3.8, 4) is 5.75 Å². The molecule has 0 unspecified atom stereocenters. The van der Waals surface area contributed by atoms with Crippen molar-refractivity contribution >= 4 is 0 Å². The van der Waals surface area contributed by atoms with Crippen molar-refractivity contribution in [1.82, 2.24) is 19.7 Å². The molecule has 0 amide bonds. The number of hydrogen-bond acceptors (Lipinski definition) is 4. The molecule has 0 radical (unpaired) electrons. The fraction of sp³-hybridized carbons (Fsp3) is 0.467. The van der Waals surface area contributed by atoms with E-state index < -0.39 is 0 Å². The number of rotatable bonds is 5. The van der Waals surface area contributed by atoms with E-state index in [-0.39, 0.29) is 5.69 Å². The Bertz CT molecular complexity index is 638. The molecule has 112 valence electrons. The van der Waals surface area contributed by atoms with Crippen molar-refractivity contribution in [2.24, 2.45) is 0 Å². The van der Waals surface area contributed by atoms with Gasteiger partial charge in [-0.1, -0.05) is 12.1 Å². The average Bonchev–Trinajstić information content (AvgIpc) is 3.13. The maximum absolute atomic E-state index is 11.9. The molecule has 0 saturated carbocycles. The fourth-order valence-corrected chi connectivity index (χ4v) is 2.69. The lowest BCUT2D eigenvalue weighted by atomic mass is 10.2. The third-order valence-electron chi connectivity index (χ3n) is 3.90. The summed E-state index contributed by atoms with van der Waals surface area (Å²) in [6.45, 7) is 3.44. The van der Waals surface area contributed by atoms with Crippen LogP contribution in [0.4, 0.5) is 0 Å². The molecule has 21 heavy (non-hydrogen) atoms. The second kappa shape index (κ2) is 6.13. The summed E-state index contributed by atoms with van der Waals surface area (Å²) in [6, 6.07) is 7.75. The third-order valence-corrected chi connectivity index (χ3v) is 3.90. The van der Waals surface area contributed by atoms with Crippen molar-refractivity contribution in [3.63, 3.8) is 0 Å². The van der Waals surface area contributed by atoms with E-state index in [4.69, 9.17) is 4.74 Å².